The van der Waals surface area contributed by atoms with E-state index in [9.17, 15) is 14.7 Å². The van der Waals surface area contributed by atoms with E-state index in [1.165, 1.54) is 4.90 Å². The molecule has 0 spiro atoms. The second-order valence-electron chi connectivity index (χ2n) is 8.74. The minimum Gasteiger partial charge on any atom is -0.507 e. The summed E-state index contributed by atoms with van der Waals surface area (Å²) in [7, 11) is 0. The van der Waals surface area contributed by atoms with Gasteiger partial charge < -0.3 is 19.5 Å². The zero-order chi connectivity index (χ0) is 24.5. The molecule has 35 heavy (non-hydrogen) atoms. The number of pyridine rings is 1. The predicted octanol–water partition coefficient (Wildman–Crippen LogP) is 4.43. The molecule has 2 aliphatic heterocycles. The van der Waals surface area contributed by atoms with Crippen molar-refractivity contribution in [3.05, 3.63) is 94.8 Å². The number of ketones is 1. The first-order valence-electron chi connectivity index (χ1n) is 11.7. The Morgan fingerprint density at radius 3 is 2.71 bits per heavy atom. The summed E-state index contributed by atoms with van der Waals surface area (Å²) in [4.78, 5) is 32.1. The third-order valence-corrected chi connectivity index (χ3v) is 6.30. The third kappa shape index (κ3) is 4.25. The smallest absolute Gasteiger partial charge is 0.295 e. The van der Waals surface area contributed by atoms with Gasteiger partial charge in [0.05, 0.1) is 18.2 Å². The Morgan fingerprint density at radius 2 is 1.94 bits per heavy atom. The lowest BCUT2D eigenvalue weighted by molar-refractivity contribution is -0.140. The Hall–Kier alpha value is -4.13. The minimum absolute atomic E-state index is 0.0506. The molecule has 1 N–H and O–H groups in total. The fourth-order valence-corrected chi connectivity index (χ4v) is 4.74. The highest BCUT2D eigenvalue weighted by molar-refractivity contribution is 6.46. The number of amides is 1. The summed E-state index contributed by atoms with van der Waals surface area (Å²) in [5.74, 6) is -0.173. The number of Topliss-reactive ketones (excluding diaryl/α,β-unsaturated/α-hetero) is 1. The molecule has 178 valence electrons. The quantitative estimate of drug-likeness (QED) is 0.326. The molecule has 0 saturated carbocycles. The van der Waals surface area contributed by atoms with E-state index in [-0.39, 0.29) is 24.0 Å². The summed E-state index contributed by atoms with van der Waals surface area (Å²) in [5, 5.41) is 11.4. The van der Waals surface area contributed by atoms with Gasteiger partial charge in [0.2, 0.25) is 0 Å². The molecule has 1 fully saturated rings. The lowest BCUT2D eigenvalue weighted by Crippen LogP contribution is -2.29. The summed E-state index contributed by atoms with van der Waals surface area (Å²) in [6.07, 6.45) is 4.05. The number of carbonyl (C=O) groups is 2. The fourth-order valence-electron chi connectivity index (χ4n) is 4.74. The van der Waals surface area contributed by atoms with Crippen molar-refractivity contribution in [3.63, 3.8) is 0 Å². The normalized spacial score (nSPS) is 20.6. The molecule has 7 nitrogen and oxygen atoms in total. The number of fused-ring (bicyclic) bond motifs is 1. The van der Waals surface area contributed by atoms with Crippen LogP contribution in [0, 0.1) is 0 Å². The van der Waals surface area contributed by atoms with Crippen molar-refractivity contribution in [2.24, 2.45) is 0 Å². The van der Waals surface area contributed by atoms with Crippen LogP contribution in [-0.2, 0) is 22.6 Å². The second-order valence-corrected chi connectivity index (χ2v) is 8.74. The number of hydrogen-bond donors (Lipinski definition) is 1. The van der Waals surface area contributed by atoms with Gasteiger partial charge in [-0.2, -0.15) is 0 Å². The molecule has 1 saturated heterocycles. The molecular formula is C28H26N2O5. The second kappa shape index (κ2) is 9.25. The first-order chi connectivity index (χ1) is 17.0. The SMILES string of the molecule is CCOc1cccc([C@@H]2C(=C(O)c3ccc4c(c3)C[C@H](C)O4)C(=O)C(=O)N2Cc2ccncc2)c1. The van der Waals surface area contributed by atoms with Crippen LogP contribution in [0.3, 0.4) is 0 Å². The number of aliphatic hydroxyl groups excluding tert-OH is 1. The van der Waals surface area contributed by atoms with Crippen molar-refractivity contribution in [1.29, 1.82) is 0 Å². The lowest BCUT2D eigenvalue weighted by atomic mass is 9.94. The summed E-state index contributed by atoms with van der Waals surface area (Å²) in [6, 6.07) is 15.5. The number of hydrogen-bond acceptors (Lipinski definition) is 6. The van der Waals surface area contributed by atoms with Gasteiger partial charge in [-0.15, -0.1) is 0 Å². The summed E-state index contributed by atoms with van der Waals surface area (Å²) >= 11 is 0. The Labute approximate surface area is 203 Å². The molecule has 0 unspecified atom stereocenters. The van der Waals surface area contributed by atoms with E-state index in [2.05, 4.69) is 4.98 Å². The van der Waals surface area contributed by atoms with Crippen LogP contribution in [0.15, 0.2) is 72.6 Å². The van der Waals surface area contributed by atoms with E-state index >= 15 is 0 Å². The van der Waals surface area contributed by atoms with Gasteiger partial charge in [0.1, 0.15) is 23.4 Å². The fraction of sp³-hybridized carbons (Fsp3) is 0.250. The minimum atomic E-state index is -0.771. The van der Waals surface area contributed by atoms with Crippen molar-refractivity contribution in [1.82, 2.24) is 9.88 Å². The molecule has 5 rings (SSSR count). The standard InChI is InChI=1S/C28H26N2O5/c1-3-34-22-6-4-5-19(15-22)25-24(26(31)20-7-8-23-21(14-20)13-17(2)35-23)27(32)28(33)30(25)16-18-9-11-29-12-10-18/h4-12,14-15,17,25,31H,3,13,16H2,1-2H3/t17-,25+/m0/s1. The molecule has 2 atom stereocenters. The maximum atomic E-state index is 13.3. The molecule has 2 aromatic carbocycles. The number of likely N-dealkylation sites (tertiary alicyclic amines) is 1. The molecule has 1 amide bonds. The Balaban J connectivity index is 1.63. The molecule has 2 aliphatic rings. The largest absolute Gasteiger partial charge is 0.507 e. The van der Waals surface area contributed by atoms with E-state index in [0.29, 0.717) is 29.9 Å². The van der Waals surface area contributed by atoms with Crippen LogP contribution in [-0.4, -0.2) is 39.4 Å². The molecule has 0 radical (unpaired) electrons. The number of benzene rings is 2. The average molecular weight is 471 g/mol. The summed E-state index contributed by atoms with van der Waals surface area (Å²) < 4.78 is 11.4. The Kier molecular flexibility index (Phi) is 5.99. The van der Waals surface area contributed by atoms with Gasteiger partial charge in [-0.3, -0.25) is 14.6 Å². The zero-order valence-corrected chi connectivity index (χ0v) is 19.6. The number of rotatable bonds is 6. The molecule has 0 aliphatic carbocycles. The van der Waals surface area contributed by atoms with E-state index < -0.39 is 17.7 Å². The van der Waals surface area contributed by atoms with E-state index in [4.69, 9.17) is 9.47 Å². The zero-order valence-electron chi connectivity index (χ0n) is 19.6. The van der Waals surface area contributed by atoms with E-state index in [1.807, 2.05) is 44.2 Å². The number of carbonyl (C=O) groups excluding carboxylic acids is 2. The third-order valence-electron chi connectivity index (χ3n) is 6.30. The highest BCUT2D eigenvalue weighted by Gasteiger charge is 2.46. The molecule has 3 aromatic rings. The molecule has 7 heteroatoms. The maximum absolute atomic E-state index is 13.3. The number of aromatic nitrogens is 1. The van der Waals surface area contributed by atoms with Crippen LogP contribution in [0.25, 0.3) is 5.76 Å². The van der Waals surface area contributed by atoms with E-state index in [1.54, 1.807) is 36.7 Å². The van der Waals surface area contributed by atoms with E-state index in [0.717, 1.165) is 16.9 Å². The van der Waals surface area contributed by atoms with Crippen LogP contribution in [0.5, 0.6) is 11.5 Å². The number of aliphatic hydroxyl groups is 1. The van der Waals surface area contributed by atoms with Crippen LogP contribution in [0.4, 0.5) is 0 Å². The van der Waals surface area contributed by atoms with Gasteiger partial charge in [-0.25, -0.2) is 0 Å². The van der Waals surface area contributed by atoms with Crippen molar-refractivity contribution in [3.8, 4) is 11.5 Å². The first-order valence-corrected chi connectivity index (χ1v) is 11.7. The van der Waals surface area contributed by atoms with Crippen molar-refractivity contribution >= 4 is 17.4 Å². The van der Waals surface area contributed by atoms with Crippen LogP contribution < -0.4 is 9.47 Å². The van der Waals surface area contributed by atoms with Gasteiger partial charge >= 0.3 is 0 Å². The van der Waals surface area contributed by atoms with Crippen LogP contribution in [0.2, 0.25) is 0 Å². The molecule has 1 aromatic heterocycles. The van der Waals surface area contributed by atoms with Gasteiger partial charge in [-0.05, 0) is 73.0 Å². The topological polar surface area (TPSA) is 89.0 Å². The number of ether oxygens (including phenoxy) is 2. The van der Waals surface area contributed by atoms with Crippen molar-refractivity contribution < 1.29 is 24.2 Å². The number of nitrogens with zero attached hydrogens (tertiary/aromatic N) is 2. The van der Waals surface area contributed by atoms with Gasteiger partial charge in [-0.1, -0.05) is 12.1 Å². The predicted molar refractivity (Wildman–Crippen MR) is 130 cm³/mol. The van der Waals surface area contributed by atoms with Gasteiger partial charge in [0.15, 0.2) is 0 Å². The summed E-state index contributed by atoms with van der Waals surface area (Å²) in [6.45, 7) is 4.55. The average Bonchev–Trinajstić information content (AvgIpc) is 3.35. The van der Waals surface area contributed by atoms with Gasteiger partial charge in [0, 0.05) is 30.9 Å². The summed E-state index contributed by atoms with van der Waals surface area (Å²) in [5.41, 5.74) is 3.02. The van der Waals surface area contributed by atoms with Crippen LogP contribution >= 0.6 is 0 Å². The first kappa shape index (κ1) is 22.7. The lowest BCUT2D eigenvalue weighted by Gasteiger charge is -2.25. The maximum Gasteiger partial charge on any atom is 0.295 e. The van der Waals surface area contributed by atoms with Crippen molar-refractivity contribution in [2.75, 3.05) is 6.61 Å². The molecule has 0 bridgehead atoms. The molecule has 3 heterocycles. The highest BCUT2D eigenvalue weighted by Crippen LogP contribution is 2.42. The van der Waals surface area contributed by atoms with Crippen molar-refractivity contribution in [2.45, 2.75) is 39.0 Å². The Bertz CT molecular complexity index is 1320. The Morgan fingerprint density at radius 1 is 1.14 bits per heavy atom. The monoisotopic (exact) mass is 470 g/mol. The van der Waals surface area contributed by atoms with Gasteiger partial charge in [0.25, 0.3) is 11.7 Å². The molecular weight excluding hydrogens is 444 g/mol. The van der Waals surface area contributed by atoms with Crippen LogP contribution in [0.1, 0.15) is 42.1 Å². The highest BCUT2D eigenvalue weighted by atomic mass is 16.5.